The molecule has 0 aliphatic carbocycles. The maximum atomic E-state index is 8.66. The molecule has 0 bridgehead atoms. The first-order valence-electron chi connectivity index (χ1n) is 5.22. The topological polar surface area (TPSA) is 20.2 Å². The maximum absolute atomic E-state index is 8.66. The van der Waals surface area contributed by atoms with Gasteiger partial charge in [-0.1, -0.05) is 19.4 Å². The van der Waals surface area contributed by atoms with Crippen molar-refractivity contribution in [2.24, 2.45) is 0 Å². The number of aliphatic hydroxyl groups is 1. The third-order valence-electron chi connectivity index (χ3n) is 2.15. The molecule has 0 fully saturated rings. The molecular weight excluding hydrogens is 192 g/mol. The zero-order valence-electron chi connectivity index (χ0n) is 8.70. The Bertz CT molecular complexity index is 276. The predicted molar refractivity (Wildman–Crippen MR) is 63.7 cm³/mol. The van der Waals surface area contributed by atoms with Crippen LogP contribution in [0, 0.1) is 0 Å². The van der Waals surface area contributed by atoms with E-state index in [1.807, 2.05) is 6.08 Å². The summed E-state index contributed by atoms with van der Waals surface area (Å²) in [4.78, 5) is 1.35. The van der Waals surface area contributed by atoms with E-state index in [1.54, 1.807) is 11.3 Å². The Morgan fingerprint density at radius 3 is 3.07 bits per heavy atom. The van der Waals surface area contributed by atoms with E-state index in [0.717, 1.165) is 6.42 Å². The summed E-state index contributed by atoms with van der Waals surface area (Å²) in [7, 11) is 0. The van der Waals surface area contributed by atoms with Crippen molar-refractivity contribution in [2.75, 3.05) is 6.61 Å². The summed E-state index contributed by atoms with van der Waals surface area (Å²) in [5, 5.41) is 10.8. The number of hydrogen-bond acceptors (Lipinski definition) is 2. The molecule has 1 aromatic heterocycles. The van der Waals surface area contributed by atoms with Crippen LogP contribution in [0.1, 0.15) is 36.6 Å². The predicted octanol–water partition coefficient (Wildman–Crippen LogP) is 3.49. The summed E-state index contributed by atoms with van der Waals surface area (Å²) in [6, 6.07) is 2.21. The summed E-state index contributed by atoms with van der Waals surface area (Å²) in [5.41, 5.74) is 1.45. The lowest BCUT2D eigenvalue weighted by Gasteiger charge is -1.97. The number of aryl methyl sites for hydroxylation is 1. The van der Waals surface area contributed by atoms with Crippen molar-refractivity contribution >= 4 is 17.4 Å². The molecule has 1 N–H and O–H groups in total. The molecule has 1 heterocycles. The Morgan fingerprint density at radius 2 is 2.36 bits per heavy atom. The molecule has 1 aromatic rings. The first kappa shape index (κ1) is 11.5. The van der Waals surface area contributed by atoms with Crippen LogP contribution in [-0.2, 0) is 6.42 Å². The molecule has 0 atom stereocenters. The SMILES string of the molecule is CCCCc1ccsc1C=CCCO. The fraction of sp³-hybridized carbons (Fsp3) is 0.500. The number of rotatable bonds is 6. The molecule has 78 valence electrons. The van der Waals surface area contributed by atoms with Gasteiger partial charge in [0.25, 0.3) is 0 Å². The normalized spacial score (nSPS) is 11.3. The summed E-state index contributed by atoms with van der Waals surface area (Å²) in [6.45, 7) is 2.46. The number of hydrogen-bond donors (Lipinski definition) is 1. The number of aliphatic hydroxyl groups excluding tert-OH is 1. The standard InChI is InChI=1S/C12H18OS/c1-2-3-6-11-8-10-14-12(11)7-4-5-9-13/h4,7-8,10,13H,2-3,5-6,9H2,1H3. The van der Waals surface area contributed by atoms with E-state index < -0.39 is 0 Å². The minimum absolute atomic E-state index is 0.242. The van der Waals surface area contributed by atoms with Gasteiger partial charge in [-0.05, 0) is 42.3 Å². The summed E-state index contributed by atoms with van der Waals surface area (Å²) < 4.78 is 0. The van der Waals surface area contributed by atoms with Gasteiger partial charge in [0.2, 0.25) is 0 Å². The first-order valence-corrected chi connectivity index (χ1v) is 6.10. The summed E-state index contributed by atoms with van der Waals surface area (Å²) >= 11 is 1.78. The van der Waals surface area contributed by atoms with Gasteiger partial charge in [-0.2, -0.15) is 0 Å². The van der Waals surface area contributed by atoms with Crippen LogP contribution in [0.3, 0.4) is 0 Å². The first-order chi connectivity index (χ1) is 6.88. The van der Waals surface area contributed by atoms with Crippen molar-refractivity contribution in [3.05, 3.63) is 28.0 Å². The third-order valence-corrected chi connectivity index (χ3v) is 3.07. The zero-order valence-corrected chi connectivity index (χ0v) is 9.52. The van der Waals surface area contributed by atoms with E-state index in [2.05, 4.69) is 24.4 Å². The van der Waals surface area contributed by atoms with E-state index in [9.17, 15) is 0 Å². The quantitative estimate of drug-likeness (QED) is 0.762. The molecule has 0 spiro atoms. The van der Waals surface area contributed by atoms with Gasteiger partial charge in [-0.15, -0.1) is 11.3 Å². The van der Waals surface area contributed by atoms with Crippen molar-refractivity contribution in [2.45, 2.75) is 32.6 Å². The van der Waals surface area contributed by atoms with Crippen LogP contribution >= 0.6 is 11.3 Å². The molecule has 0 amide bonds. The van der Waals surface area contributed by atoms with E-state index in [1.165, 1.54) is 29.7 Å². The molecule has 0 saturated heterocycles. The Balaban J connectivity index is 2.53. The highest BCUT2D eigenvalue weighted by Gasteiger charge is 1.99. The Morgan fingerprint density at radius 1 is 1.50 bits per heavy atom. The second-order valence-electron chi connectivity index (χ2n) is 3.33. The van der Waals surface area contributed by atoms with Gasteiger partial charge in [-0.3, -0.25) is 0 Å². The highest BCUT2D eigenvalue weighted by molar-refractivity contribution is 7.11. The molecule has 1 rings (SSSR count). The average molecular weight is 210 g/mol. The van der Waals surface area contributed by atoms with Crippen molar-refractivity contribution < 1.29 is 5.11 Å². The van der Waals surface area contributed by atoms with Gasteiger partial charge in [0.05, 0.1) is 0 Å². The third kappa shape index (κ3) is 3.64. The van der Waals surface area contributed by atoms with Crippen LogP contribution in [-0.4, -0.2) is 11.7 Å². The number of thiophene rings is 1. The minimum atomic E-state index is 0.242. The summed E-state index contributed by atoms with van der Waals surface area (Å²) in [6.07, 6.45) is 8.62. The van der Waals surface area contributed by atoms with Gasteiger partial charge in [0, 0.05) is 11.5 Å². The van der Waals surface area contributed by atoms with Crippen molar-refractivity contribution in [1.82, 2.24) is 0 Å². The molecule has 0 aromatic carbocycles. The lowest BCUT2D eigenvalue weighted by Crippen LogP contribution is -1.83. The van der Waals surface area contributed by atoms with Crippen molar-refractivity contribution in [3.63, 3.8) is 0 Å². The lowest BCUT2D eigenvalue weighted by molar-refractivity contribution is 0.303. The smallest absolute Gasteiger partial charge is 0.0465 e. The average Bonchev–Trinajstić information content (AvgIpc) is 2.63. The van der Waals surface area contributed by atoms with Gasteiger partial charge in [-0.25, -0.2) is 0 Å². The van der Waals surface area contributed by atoms with E-state index in [4.69, 9.17) is 5.11 Å². The van der Waals surface area contributed by atoms with E-state index in [-0.39, 0.29) is 6.61 Å². The monoisotopic (exact) mass is 210 g/mol. The van der Waals surface area contributed by atoms with E-state index >= 15 is 0 Å². The molecule has 0 unspecified atom stereocenters. The highest BCUT2D eigenvalue weighted by atomic mass is 32.1. The molecule has 0 saturated carbocycles. The largest absolute Gasteiger partial charge is 0.396 e. The maximum Gasteiger partial charge on any atom is 0.0465 e. The van der Waals surface area contributed by atoms with Gasteiger partial charge in [0.15, 0.2) is 0 Å². The summed E-state index contributed by atoms with van der Waals surface area (Å²) in [5.74, 6) is 0. The molecule has 14 heavy (non-hydrogen) atoms. The van der Waals surface area contributed by atoms with Crippen LogP contribution < -0.4 is 0 Å². The Kier molecular flexibility index (Phi) is 5.57. The van der Waals surface area contributed by atoms with E-state index in [0.29, 0.717) is 0 Å². The van der Waals surface area contributed by atoms with Crippen LogP contribution in [0.15, 0.2) is 17.5 Å². The Hall–Kier alpha value is -0.600. The van der Waals surface area contributed by atoms with Crippen LogP contribution in [0.25, 0.3) is 6.08 Å². The zero-order chi connectivity index (χ0) is 10.2. The minimum Gasteiger partial charge on any atom is -0.396 e. The van der Waals surface area contributed by atoms with Crippen molar-refractivity contribution in [1.29, 1.82) is 0 Å². The molecule has 2 heteroatoms. The molecule has 0 radical (unpaired) electrons. The lowest BCUT2D eigenvalue weighted by atomic mass is 10.1. The molecular formula is C12H18OS. The second-order valence-corrected chi connectivity index (χ2v) is 4.28. The van der Waals surface area contributed by atoms with Crippen LogP contribution in [0.5, 0.6) is 0 Å². The van der Waals surface area contributed by atoms with Crippen LogP contribution in [0.4, 0.5) is 0 Å². The Labute approximate surface area is 90.1 Å². The molecule has 1 nitrogen and oxygen atoms in total. The highest BCUT2D eigenvalue weighted by Crippen LogP contribution is 2.20. The van der Waals surface area contributed by atoms with Gasteiger partial charge < -0.3 is 5.11 Å². The van der Waals surface area contributed by atoms with Gasteiger partial charge in [0.1, 0.15) is 0 Å². The van der Waals surface area contributed by atoms with Crippen molar-refractivity contribution in [3.8, 4) is 0 Å². The number of unbranched alkanes of at least 4 members (excludes halogenated alkanes) is 1. The second kappa shape index (κ2) is 6.80. The van der Waals surface area contributed by atoms with Gasteiger partial charge >= 0.3 is 0 Å². The molecule has 0 aliphatic rings. The fourth-order valence-electron chi connectivity index (χ4n) is 1.33. The van der Waals surface area contributed by atoms with Crippen LogP contribution in [0.2, 0.25) is 0 Å². The fourth-order valence-corrected chi connectivity index (χ4v) is 2.21. The molecule has 0 aliphatic heterocycles.